The zero-order chi connectivity index (χ0) is 10.1. The molecule has 1 aliphatic rings. The topological polar surface area (TPSA) is 75.9 Å². The summed E-state index contributed by atoms with van der Waals surface area (Å²) in [5.41, 5.74) is 0.526. The zero-order valence-electron chi connectivity index (χ0n) is 8.10. The standard InChI is InChI=1S/C9H11N5O/c1-2-10-5-7(1)13-9-11-3-6-4-12-15-8(6)14-9/h3-4,7,10H,1-2,5H2,(H,11,13,14). The molecule has 15 heavy (non-hydrogen) atoms. The zero-order valence-corrected chi connectivity index (χ0v) is 8.10. The highest BCUT2D eigenvalue weighted by molar-refractivity contribution is 5.71. The van der Waals surface area contributed by atoms with Crippen molar-refractivity contribution < 1.29 is 4.52 Å². The largest absolute Gasteiger partial charge is 0.350 e. The van der Waals surface area contributed by atoms with Crippen molar-refractivity contribution in [2.45, 2.75) is 12.5 Å². The van der Waals surface area contributed by atoms with Crippen LogP contribution in [0.4, 0.5) is 5.95 Å². The van der Waals surface area contributed by atoms with Crippen LogP contribution in [0.15, 0.2) is 16.9 Å². The number of nitrogens with zero attached hydrogens (tertiary/aromatic N) is 3. The minimum atomic E-state index is 0.408. The van der Waals surface area contributed by atoms with E-state index in [1.807, 2.05) is 0 Å². The number of nitrogens with one attached hydrogen (secondary N) is 2. The van der Waals surface area contributed by atoms with Crippen molar-refractivity contribution in [3.8, 4) is 0 Å². The van der Waals surface area contributed by atoms with Crippen LogP contribution in [0.2, 0.25) is 0 Å². The normalized spacial score (nSPS) is 20.9. The van der Waals surface area contributed by atoms with Crippen molar-refractivity contribution in [3.63, 3.8) is 0 Å². The minimum Gasteiger partial charge on any atom is -0.350 e. The molecular formula is C9H11N5O. The Balaban J connectivity index is 1.84. The Morgan fingerprint density at radius 3 is 3.33 bits per heavy atom. The number of rotatable bonds is 2. The van der Waals surface area contributed by atoms with E-state index in [1.165, 1.54) is 0 Å². The molecule has 1 saturated heterocycles. The van der Waals surface area contributed by atoms with Crippen molar-refractivity contribution in [1.82, 2.24) is 20.4 Å². The molecule has 2 aromatic heterocycles. The van der Waals surface area contributed by atoms with Gasteiger partial charge in [0.2, 0.25) is 5.95 Å². The molecule has 6 heteroatoms. The van der Waals surface area contributed by atoms with Crippen molar-refractivity contribution in [2.75, 3.05) is 18.4 Å². The van der Waals surface area contributed by atoms with Crippen molar-refractivity contribution in [1.29, 1.82) is 0 Å². The summed E-state index contributed by atoms with van der Waals surface area (Å²) in [6.45, 7) is 2.00. The van der Waals surface area contributed by atoms with Crippen molar-refractivity contribution in [2.24, 2.45) is 0 Å². The molecule has 3 heterocycles. The van der Waals surface area contributed by atoms with Gasteiger partial charge in [0.05, 0.1) is 11.6 Å². The Labute approximate surface area is 86.1 Å². The lowest BCUT2D eigenvalue weighted by Gasteiger charge is -2.09. The summed E-state index contributed by atoms with van der Waals surface area (Å²) in [6, 6.07) is 0.408. The number of anilines is 1. The van der Waals surface area contributed by atoms with Gasteiger partial charge in [-0.1, -0.05) is 5.16 Å². The summed E-state index contributed by atoms with van der Waals surface area (Å²) in [6.07, 6.45) is 4.41. The van der Waals surface area contributed by atoms with Crippen molar-refractivity contribution >= 4 is 17.0 Å². The maximum absolute atomic E-state index is 4.97. The Morgan fingerprint density at radius 2 is 2.47 bits per heavy atom. The van der Waals surface area contributed by atoms with E-state index < -0.39 is 0 Å². The van der Waals surface area contributed by atoms with Crippen LogP contribution < -0.4 is 10.6 Å². The molecule has 0 bridgehead atoms. The number of aromatic nitrogens is 3. The second-order valence-electron chi connectivity index (χ2n) is 3.61. The molecule has 0 radical (unpaired) electrons. The number of fused-ring (bicyclic) bond motifs is 1. The van der Waals surface area contributed by atoms with Gasteiger partial charge in [-0.05, 0) is 13.0 Å². The Morgan fingerprint density at radius 1 is 1.47 bits per heavy atom. The smallest absolute Gasteiger partial charge is 0.262 e. The van der Waals surface area contributed by atoms with Crippen LogP contribution in [0.5, 0.6) is 0 Å². The average molecular weight is 205 g/mol. The van der Waals surface area contributed by atoms with Crippen LogP contribution in [-0.2, 0) is 0 Å². The Bertz CT molecular complexity index is 462. The van der Waals surface area contributed by atoms with Gasteiger partial charge >= 0.3 is 0 Å². The molecule has 0 aromatic carbocycles. The Hall–Kier alpha value is -1.69. The molecule has 0 spiro atoms. The first-order valence-corrected chi connectivity index (χ1v) is 4.96. The lowest BCUT2D eigenvalue weighted by atomic mass is 10.3. The highest BCUT2D eigenvalue weighted by Gasteiger charge is 2.15. The van der Waals surface area contributed by atoms with Gasteiger partial charge in [-0.15, -0.1) is 0 Å². The molecule has 1 unspecified atom stereocenters. The van der Waals surface area contributed by atoms with E-state index in [0.717, 1.165) is 24.9 Å². The molecule has 0 aliphatic carbocycles. The van der Waals surface area contributed by atoms with Crippen LogP contribution in [0, 0.1) is 0 Å². The fourth-order valence-electron chi connectivity index (χ4n) is 1.70. The first-order valence-electron chi connectivity index (χ1n) is 4.96. The van der Waals surface area contributed by atoms with Crippen LogP contribution in [-0.4, -0.2) is 34.3 Å². The second kappa shape index (κ2) is 3.47. The van der Waals surface area contributed by atoms with Gasteiger partial charge in [0, 0.05) is 18.8 Å². The highest BCUT2D eigenvalue weighted by atomic mass is 16.5. The van der Waals surface area contributed by atoms with E-state index >= 15 is 0 Å². The third-order valence-electron chi connectivity index (χ3n) is 2.50. The summed E-state index contributed by atoms with van der Waals surface area (Å²) in [7, 11) is 0. The number of hydrogen-bond acceptors (Lipinski definition) is 6. The molecule has 2 N–H and O–H groups in total. The van der Waals surface area contributed by atoms with E-state index in [1.54, 1.807) is 12.4 Å². The van der Waals surface area contributed by atoms with Gasteiger partial charge in [-0.25, -0.2) is 4.98 Å². The third-order valence-corrected chi connectivity index (χ3v) is 2.50. The van der Waals surface area contributed by atoms with Gasteiger partial charge in [0.1, 0.15) is 0 Å². The summed E-state index contributed by atoms with van der Waals surface area (Å²) in [4.78, 5) is 8.41. The van der Waals surface area contributed by atoms with Gasteiger partial charge < -0.3 is 15.2 Å². The molecular weight excluding hydrogens is 194 g/mol. The minimum absolute atomic E-state index is 0.408. The van der Waals surface area contributed by atoms with Gasteiger partial charge in [-0.2, -0.15) is 4.98 Å². The van der Waals surface area contributed by atoms with Crippen LogP contribution in [0.1, 0.15) is 6.42 Å². The van der Waals surface area contributed by atoms with Crippen molar-refractivity contribution in [3.05, 3.63) is 12.4 Å². The van der Waals surface area contributed by atoms with E-state index in [2.05, 4.69) is 25.8 Å². The molecule has 6 nitrogen and oxygen atoms in total. The second-order valence-corrected chi connectivity index (χ2v) is 3.61. The molecule has 3 rings (SSSR count). The molecule has 1 atom stereocenters. The molecule has 1 fully saturated rings. The maximum atomic E-state index is 4.97. The number of hydrogen-bond donors (Lipinski definition) is 2. The van der Waals surface area contributed by atoms with Gasteiger partial charge in [-0.3, -0.25) is 0 Å². The SMILES string of the molecule is c1noc2nc(NC3CCNC3)ncc12. The lowest BCUT2D eigenvalue weighted by Crippen LogP contribution is -2.23. The third kappa shape index (κ3) is 1.63. The summed E-state index contributed by atoms with van der Waals surface area (Å²) in [5.74, 6) is 0.605. The van der Waals surface area contributed by atoms with E-state index in [9.17, 15) is 0 Å². The average Bonchev–Trinajstić information content (AvgIpc) is 2.87. The summed E-state index contributed by atoms with van der Waals surface area (Å²) in [5, 5.41) is 11.0. The van der Waals surface area contributed by atoms with E-state index in [-0.39, 0.29) is 0 Å². The van der Waals surface area contributed by atoms with E-state index in [0.29, 0.717) is 17.7 Å². The summed E-state index contributed by atoms with van der Waals surface area (Å²) >= 11 is 0. The molecule has 0 saturated carbocycles. The Kier molecular flexibility index (Phi) is 1.99. The predicted octanol–water partition coefficient (Wildman–Crippen LogP) is 0.392. The first kappa shape index (κ1) is 8.60. The maximum Gasteiger partial charge on any atom is 0.262 e. The van der Waals surface area contributed by atoms with E-state index in [4.69, 9.17) is 4.52 Å². The fraction of sp³-hybridized carbons (Fsp3) is 0.444. The fourth-order valence-corrected chi connectivity index (χ4v) is 1.70. The van der Waals surface area contributed by atoms with Crippen LogP contribution in [0.25, 0.3) is 11.1 Å². The molecule has 1 aliphatic heterocycles. The molecule has 0 amide bonds. The van der Waals surface area contributed by atoms with Gasteiger partial charge in [0.15, 0.2) is 0 Å². The highest BCUT2D eigenvalue weighted by Crippen LogP contribution is 2.12. The molecule has 78 valence electrons. The quantitative estimate of drug-likeness (QED) is 0.738. The predicted molar refractivity (Wildman–Crippen MR) is 54.5 cm³/mol. The van der Waals surface area contributed by atoms with Crippen LogP contribution >= 0.6 is 0 Å². The first-order chi connectivity index (χ1) is 7.42. The lowest BCUT2D eigenvalue weighted by molar-refractivity contribution is 0.448. The van der Waals surface area contributed by atoms with Crippen LogP contribution in [0.3, 0.4) is 0 Å². The molecule has 2 aromatic rings. The van der Waals surface area contributed by atoms with Gasteiger partial charge in [0.25, 0.3) is 5.71 Å². The monoisotopic (exact) mass is 205 g/mol. The summed E-state index contributed by atoms with van der Waals surface area (Å²) < 4.78 is 4.97.